The van der Waals surface area contributed by atoms with E-state index in [9.17, 15) is 4.79 Å². The van der Waals surface area contributed by atoms with Gasteiger partial charge in [-0.3, -0.25) is 4.79 Å². The van der Waals surface area contributed by atoms with Crippen LogP contribution in [0.5, 0.6) is 0 Å². The molecule has 0 saturated carbocycles. The first-order valence-corrected chi connectivity index (χ1v) is 5.97. The van der Waals surface area contributed by atoms with Crippen LogP contribution >= 0.6 is 27.3 Å². The van der Waals surface area contributed by atoms with Crippen LogP contribution in [0.2, 0.25) is 0 Å². The second-order valence-electron chi connectivity index (χ2n) is 3.06. The molecule has 0 aliphatic carbocycles. The Hall–Kier alpha value is -1.13. The van der Waals surface area contributed by atoms with E-state index in [0.717, 1.165) is 32.5 Å². The molecule has 15 heavy (non-hydrogen) atoms. The molecule has 0 aliphatic heterocycles. The SMILES string of the molecule is Nc1ccc(-c2c(Br)csc2C=O)cc1. The van der Waals surface area contributed by atoms with Gasteiger partial charge in [-0.1, -0.05) is 12.1 Å². The highest BCUT2D eigenvalue weighted by Gasteiger charge is 2.10. The number of nitrogen functional groups attached to an aromatic ring is 1. The molecular weight excluding hydrogens is 274 g/mol. The van der Waals surface area contributed by atoms with Gasteiger partial charge in [-0.2, -0.15) is 0 Å². The molecule has 0 saturated heterocycles. The van der Waals surface area contributed by atoms with Gasteiger partial charge in [0.15, 0.2) is 6.29 Å². The third kappa shape index (κ3) is 1.96. The van der Waals surface area contributed by atoms with Crippen LogP contribution in [0.3, 0.4) is 0 Å². The Labute approximate surface area is 99.9 Å². The van der Waals surface area contributed by atoms with Crippen molar-refractivity contribution in [1.29, 1.82) is 0 Å². The van der Waals surface area contributed by atoms with E-state index < -0.39 is 0 Å². The predicted molar refractivity (Wildman–Crippen MR) is 67.3 cm³/mol. The van der Waals surface area contributed by atoms with Gasteiger partial charge < -0.3 is 5.73 Å². The van der Waals surface area contributed by atoms with E-state index in [4.69, 9.17) is 5.73 Å². The van der Waals surface area contributed by atoms with Crippen LogP contribution in [0.25, 0.3) is 11.1 Å². The van der Waals surface area contributed by atoms with Crippen LogP contribution < -0.4 is 5.73 Å². The maximum Gasteiger partial charge on any atom is 0.160 e. The topological polar surface area (TPSA) is 43.1 Å². The van der Waals surface area contributed by atoms with Crippen molar-refractivity contribution >= 4 is 39.2 Å². The number of rotatable bonds is 2. The molecule has 0 bridgehead atoms. The molecule has 0 amide bonds. The summed E-state index contributed by atoms with van der Waals surface area (Å²) in [5.74, 6) is 0. The number of hydrogen-bond donors (Lipinski definition) is 1. The van der Waals surface area contributed by atoms with Crippen molar-refractivity contribution in [2.45, 2.75) is 0 Å². The number of thiophene rings is 1. The quantitative estimate of drug-likeness (QED) is 0.676. The molecule has 0 atom stereocenters. The first-order valence-electron chi connectivity index (χ1n) is 4.30. The molecule has 1 aromatic heterocycles. The number of carbonyl (C=O) groups is 1. The molecule has 0 unspecified atom stereocenters. The fourth-order valence-electron chi connectivity index (χ4n) is 1.37. The van der Waals surface area contributed by atoms with Crippen molar-refractivity contribution in [3.63, 3.8) is 0 Å². The van der Waals surface area contributed by atoms with Gasteiger partial charge in [-0.05, 0) is 33.6 Å². The average Bonchev–Trinajstić information content (AvgIpc) is 2.61. The summed E-state index contributed by atoms with van der Waals surface area (Å²) in [6, 6.07) is 7.48. The maximum atomic E-state index is 10.8. The molecular formula is C11H8BrNOS. The third-order valence-corrected chi connectivity index (χ3v) is 3.92. The summed E-state index contributed by atoms with van der Waals surface area (Å²) < 4.78 is 0.944. The molecule has 76 valence electrons. The molecule has 2 N–H and O–H groups in total. The zero-order valence-corrected chi connectivity index (χ0v) is 10.1. The second kappa shape index (κ2) is 4.16. The second-order valence-corrected chi connectivity index (χ2v) is 4.83. The average molecular weight is 282 g/mol. The molecule has 0 fully saturated rings. The highest BCUT2D eigenvalue weighted by molar-refractivity contribution is 9.10. The lowest BCUT2D eigenvalue weighted by atomic mass is 10.1. The number of carbonyl (C=O) groups excluding carboxylic acids is 1. The highest BCUT2D eigenvalue weighted by Crippen LogP contribution is 2.35. The van der Waals surface area contributed by atoms with Gasteiger partial charge in [0.1, 0.15) is 0 Å². The number of hydrogen-bond acceptors (Lipinski definition) is 3. The maximum absolute atomic E-state index is 10.8. The van der Waals surface area contributed by atoms with Crippen molar-refractivity contribution in [1.82, 2.24) is 0 Å². The minimum absolute atomic E-state index is 0.720. The fraction of sp³-hybridized carbons (Fsp3) is 0. The summed E-state index contributed by atoms with van der Waals surface area (Å²) in [7, 11) is 0. The normalized spacial score (nSPS) is 10.2. The Morgan fingerprint density at radius 1 is 1.27 bits per heavy atom. The van der Waals surface area contributed by atoms with Crippen molar-refractivity contribution in [2.75, 3.05) is 5.73 Å². The number of nitrogens with two attached hydrogens (primary N) is 1. The van der Waals surface area contributed by atoms with Crippen molar-refractivity contribution in [2.24, 2.45) is 0 Å². The molecule has 4 heteroatoms. The van der Waals surface area contributed by atoms with E-state index in [1.807, 2.05) is 29.6 Å². The van der Waals surface area contributed by atoms with Gasteiger partial charge in [0.05, 0.1) is 4.88 Å². The highest BCUT2D eigenvalue weighted by atomic mass is 79.9. The Bertz CT molecular complexity index is 490. The van der Waals surface area contributed by atoms with Gasteiger partial charge in [0, 0.05) is 21.1 Å². The van der Waals surface area contributed by atoms with Crippen LogP contribution in [0, 0.1) is 0 Å². The zero-order valence-electron chi connectivity index (χ0n) is 7.74. The first kappa shape index (κ1) is 10.4. The first-order chi connectivity index (χ1) is 7.22. The Morgan fingerprint density at radius 3 is 2.53 bits per heavy atom. The zero-order chi connectivity index (χ0) is 10.8. The lowest BCUT2D eigenvalue weighted by Gasteiger charge is -2.01. The van der Waals surface area contributed by atoms with Crippen molar-refractivity contribution < 1.29 is 4.79 Å². The smallest absolute Gasteiger partial charge is 0.160 e. The van der Waals surface area contributed by atoms with Crippen LogP contribution in [-0.2, 0) is 0 Å². The summed E-state index contributed by atoms with van der Waals surface area (Å²) in [6.45, 7) is 0. The number of aldehydes is 1. The standard InChI is InChI=1S/C11H8BrNOS/c12-9-6-15-10(5-14)11(9)7-1-3-8(13)4-2-7/h1-6H,13H2. The largest absolute Gasteiger partial charge is 0.399 e. The predicted octanol–water partition coefficient (Wildman–Crippen LogP) is 3.57. The summed E-state index contributed by atoms with van der Waals surface area (Å²) in [5, 5.41) is 1.91. The van der Waals surface area contributed by atoms with E-state index in [0.29, 0.717) is 0 Å². The van der Waals surface area contributed by atoms with E-state index in [1.165, 1.54) is 11.3 Å². The van der Waals surface area contributed by atoms with Crippen molar-refractivity contribution in [3.05, 3.63) is 39.0 Å². The summed E-state index contributed by atoms with van der Waals surface area (Å²) in [5.41, 5.74) is 8.27. The van der Waals surface area contributed by atoms with Crippen LogP contribution in [-0.4, -0.2) is 6.29 Å². The van der Waals surface area contributed by atoms with E-state index >= 15 is 0 Å². The molecule has 0 radical (unpaired) electrons. The molecule has 0 spiro atoms. The summed E-state index contributed by atoms with van der Waals surface area (Å²) >= 11 is 4.86. The van der Waals surface area contributed by atoms with Gasteiger partial charge in [0.25, 0.3) is 0 Å². The van der Waals surface area contributed by atoms with Gasteiger partial charge >= 0.3 is 0 Å². The Kier molecular flexibility index (Phi) is 2.88. The van der Waals surface area contributed by atoms with E-state index in [1.54, 1.807) is 0 Å². The van der Waals surface area contributed by atoms with E-state index in [-0.39, 0.29) is 0 Å². The van der Waals surface area contributed by atoms with E-state index in [2.05, 4.69) is 15.9 Å². The summed E-state index contributed by atoms with van der Waals surface area (Å²) in [6.07, 6.45) is 0.876. The lowest BCUT2D eigenvalue weighted by molar-refractivity contribution is 0.112. The van der Waals surface area contributed by atoms with Crippen molar-refractivity contribution in [3.8, 4) is 11.1 Å². The third-order valence-electron chi connectivity index (χ3n) is 2.08. The lowest BCUT2D eigenvalue weighted by Crippen LogP contribution is -1.85. The number of anilines is 1. The van der Waals surface area contributed by atoms with Crippen LogP contribution in [0.4, 0.5) is 5.69 Å². The van der Waals surface area contributed by atoms with Gasteiger partial charge in [-0.15, -0.1) is 11.3 Å². The number of benzene rings is 1. The van der Waals surface area contributed by atoms with Gasteiger partial charge in [0.2, 0.25) is 0 Å². The monoisotopic (exact) mass is 281 g/mol. The Morgan fingerprint density at radius 2 is 1.93 bits per heavy atom. The van der Waals surface area contributed by atoms with Gasteiger partial charge in [-0.25, -0.2) is 0 Å². The summed E-state index contributed by atoms with van der Waals surface area (Å²) in [4.78, 5) is 11.6. The minimum Gasteiger partial charge on any atom is -0.399 e. The fourth-order valence-corrected chi connectivity index (χ4v) is 2.97. The molecule has 1 heterocycles. The molecule has 2 nitrogen and oxygen atoms in total. The molecule has 0 aliphatic rings. The molecule has 2 rings (SSSR count). The molecule has 2 aromatic rings. The van der Waals surface area contributed by atoms with Crippen LogP contribution in [0.15, 0.2) is 34.1 Å². The Balaban J connectivity index is 2.57. The van der Waals surface area contributed by atoms with Crippen LogP contribution in [0.1, 0.15) is 9.67 Å². The molecule has 1 aromatic carbocycles. The minimum atomic E-state index is 0.720. The number of halogens is 1.